The Balaban J connectivity index is 1.53. The highest BCUT2D eigenvalue weighted by Crippen LogP contribution is 2.32. The van der Waals surface area contributed by atoms with E-state index in [-0.39, 0.29) is 12.4 Å². The summed E-state index contributed by atoms with van der Waals surface area (Å²) < 4.78 is 41.5. The highest BCUT2D eigenvalue weighted by molar-refractivity contribution is 5.93. The second-order valence-corrected chi connectivity index (χ2v) is 8.15. The number of aromatic nitrogens is 3. The van der Waals surface area contributed by atoms with Gasteiger partial charge in [0.15, 0.2) is 0 Å². The second kappa shape index (κ2) is 8.92. The van der Waals surface area contributed by atoms with Crippen LogP contribution in [0.15, 0.2) is 48.8 Å². The Labute approximate surface area is 189 Å². The number of nitrogens with zero attached hydrogens (tertiary/aromatic N) is 4. The predicted octanol–water partition coefficient (Wildman–Crippen LogP) is 3.59. The van der Waals surface area contributed by atoms with Crippen molar-refractivity contribution in [2.75, 3.05) is 38.3 Å². The molecule has 9 heteroatoms. The molecular formula is C24H25F2N5O2. The van der Waals surface area contributed by atoms with Gasteiger partial charge in [-0.15, -0.1) is 0 Å². The van der Waals surface area contributed by atoms with Gasteiger partial charge < -0.3 is 20.1 Å². The Kier molecular flexibility index (Phi) is 5.82. The van der Waals surface area contributed by atoms with Crippen molar-refractivity contribution >= 4 is 22.2 Å². The largest absolute Gasteiger partial charge is 0.491 e. The molecule has 0 saturated carbocycles. The first-order chi connectivity index (χ1) is 16.0. The number of nitrogens with two attached hydrogens (primary N) is 1. The molecule has 0 spiro atoms. The fourth-order valence-corrected chi connectivity index (χ4v) is 4.19. The van der Waals surface area contributed by atoms with E-state index < -0.39 is 12.2 Å². The van der Waals surface area contributed by atoms with Crippen molar-refractivity contribution in [3.05, 3.63) is 54.6 Å². The average Bonchev–Trinajstić information content (AvgIpc) is 3.24. The molecule has 1 aromatic carbocycles. The van der Waals surface area contributed by atoms with Crippen molar-refractivity contribution < 1.29 is 18.3 Å². The number of ether oxygens (including phenoxy) is 2. The summed E-state index contributed by atoms with van der Waals surface area (Å²) in [6, 6.07) is 9.75. The number of hydrogen-bond acceptors (Lipinski definition) is 6. The molecular weight excluding hydrogens is 428 g/mol. The van der Waals surface area contributed by atoms with Crippen LogP contribution in [-0.4, -0.2) is 60.0 Å². The summed E-state index contributed by atoms with van der Waals surface area (Å²) in [6.07, 6.45) is 2.97. The lowest BCUT2D eigenvalue weighted by molar-refractivity contribution is 0.146. The molecule has 1 fully saturated rings. The third kappa shape index (κ3) is 4.09. The molecule has 2 atom stereocenters. The van der Waals surface area contributed by atoms with Crippen molar-refractivity contribution in [2.45, 2.75) is 18.6 Å². The van der Waals surface area contributed by atoms with E-state index in [0.29, 0.717) is 59.9 Å². The molecule has 0 unspecified atom stereocenters. The van der Waals surface area contributed by atoms with E-state index >= 15 is 0 Å². The van der Waals surface area contributed by atoms with Crippen LogP contribution >= 0.6 is 0 Å². The number of halogens is 2. The molecule has 3 aromatic heterocycles. The maximum atomic E-state index is 14.6. The zero-order chi connectivity index (χ0) is 22.9. The maximum Gasteiger partial charge on any atom is 0.140 e. The van der Waals surface area contributed by atoms with Gasteiger partial charge in [-0.25, -0.2) is 18.7 Å². The number of hydrogen-bond donors (Lipinski definition) is 1. The van der Waals surface area contributed by atoms with Gasteiger partial charge in [-0.2, -0.15) is 0 Å². The lowest BCUT2D eigenvalue weighted by atomic mass is 10.0. The van der Waals surface area contributed by atoms with Gasteiger partial charge in [-0.1, -0.05) is 0 Å². The number of fused-ring (bicyclic) bond motifs is 2. The van der Waals surface area contributed by atoms with Gasteiger partial charge >= 0.3 is 0 Å². The number of methoxy groups -OCH3 is 1. The minimum absolute atomic E-state index is 0.162. The van der Waals surface area contributed by atoms with Gasteiger partial charge in [0.1, 0.15) is 30.0 Å². The van der Waals surface area contributed by atoms with Gasteiger partial charge in [-0.05, 0) is 36.8 Å². The number of rotatable bonds is 6. The van der Waals surface area contributed by atoms with E-state index in [9.17, 15) is 8.78 Å². The first kappa shape index (κ1) is 21.5. The Morgan fingerprint density at radius 1 is 1.18 bits per heavy atom. The van der Waals surface area contributed by atoms with Crippen LogP contribution in [0, 0.1) is 5.82 Å². The highest BCUT2D eigenvalue weighted by Gasteiger charge is 2.28. The number of pyridine rings is 2. The molecule has 0 radical (unpaired) electrons. The van der Waals surface area contributed by atoms with E-state index in [1.54, 1.807) is 31.5 Å². The first-order valence-electron chi connectivity index (χ1n) is 10.9. The number of imidazole rings is 1. The Morgan fingerprint density at radius 3 is 2.88 bits per heavy atom. The maximum absolute atomic E-state index is 14.6. The number of piperidine rings is 1. The number of anilines is 1. The summed E-state index contributed by atoms with van der Waals surface area (Å²) in [6.45, 7) is 1.70. The van der Waals surface area contributed by atoms with Gasteiger partial charge in [-0.3, -0.25) is 4.40 Å². The number of benzene rings is 1. The van der Waals surface area contributed by atoms with Crippen LogP contribution in [-0.2, 0) is 4.74 Å². The van der Waals surface area contributed by atoms with Crippen LogP contribution in [0.25, 0.3) is 27.9 Å². The third-order valence-electron chi connectivity index (χ3n) is 6.02. The first-order valence-corrected chi connectivity index (χ1v) is 10.9. The zero-order valence-electron chi connectivity index (χ0n) is 18.2. The molecule has 0 bridgehead atoms. The number of alkyl halides is 1. The molecule has 0 amide bonds. The second-order valence-electron chi connectivity index (χ2n) is 8.15. The molecule has 1 aliphatic heterocycles. The summed E-state index contributed by atoms with van der Waals surface area (Å²) in [5.74, 6) is 0.325. The Hall–Kier alpha value is -3.30. The summed E-state index contributed by atoms with van der Waals surface area (Å²) in [5.41, 5.74) is 9.13. The summed E-state index contributed by atoms with van der Waals surface area (Å²) in [4.78, 5) is 11.2. The van der Waals surface area contributed by atoms with E-state index in [4.69, 9.17) is 20.2 Å². The zero-order valence-corrected chi connectivity index (χ0v) is 18.2. The fraction of sp³-hybridized carbons (Fsp3) is 0.333. The molecule has 172 valence electrons. The predicted molar refractivity (Wildman–Crippen MR) is 123 cm³/mol. The van der Waals surface area contributed by atoms with E-state index in [2.05, 4.69) is 4.98 Å². The van der Waals surface area contributed by atoms with E-state index in [0.717, 1.165) is 5.69 Å². The van der Waals surface area contributed by atoms with Crippen LogP contribution in [0.5, 0.6) is 5.75 Å². The van der Waals surface area contributed by atoms with Gasteiger partial charge in [0, 0.05) is 37.3 Å². The van der Waals surface area contributed by atoms with Crippen molar-refractivity contribution in [3.63, 3.8) is 0 Å². The smallest absolute Gasteiger partial charge is 0.140 e. The third-order valence-corrected chi connectivity index (χ3v) is 6.02. The molecule has 33 heavy (non-hydrogen) atoms. The van der Waals surface area contributed by atoms with Crippen molar-refractivity contribution in [3.8, 4) is 17.1 Å². The normalized spacial score (nSPS) is 18.8. The Morgan fingerprint density at radius 2 is 2.06 bits per heavy atom. The molecule has 4 heterocycles. The van der Waals surface area contributed by atoms with E-state index in [1.807, 2.05) is 27.6 Å². The molecule has 1 aliphatic rings. The quantitative estimate of drug-likeness (QED) is 0.450. The van der Waals surface area contributed by atoms with Crippen LogP contribution in [0.3, 0.4) is 0 Å². The lowest BCUT2D eigenvalue weighted by Crippen LogP contribution is -2.48. The van der Waals surface area contributed by atoms with Crippen LogP contribution in [0.2, 0.25) is 0 Å². The molecule has 7 nitrogen and oxygen atoms in total. The molecule has 4 aromatic rings. The van der Waals surface area contributed by atoms with Crippen LogP contribution in [0.4, 0.5) is 14.5 Å². The average molecular weight is 453 g/mol. The molecule has 0 aliphatic carbocycles. The van der Waals surface area contributed by atoms with E-state index in [1.165, 1.54) is 6.07 Å². The van der Waals surface area contributed by atoms with Crippen molar-refractivity contribution in [1.29, 1.82) is 0 Å². The SMILES string of the molecule is COCCOc1ccn2c(-c3ccc4c(F)ccc(N5CC[C@H](N)[C@H](F)C5)c4n3)cnc2c1. The lowest BCUT2D eigenvalue weighted by Gasteiger charge is -2.34. The molecule has 2 N–H and O–H groups in total. The van der Waals surface area contributed by atoms with Crippen LogP contribution in [0.1, 0.15) is 6.42 Å². The summed E-state index contributed by atoms with van der Waals surface area (Å²) >= 11 is 0. The van der Waals surface area contributed by atoms with Gasteiger partial charge in [0.05, 0.1) is 41.9 Å². The van der Waals surface area contributed by atoms with Crippen molar-refractivity contribution in [2.24, 2.45) is 5.73 Å². The topological polar surface area (TPSA) is 77.9 Å². The Bertz CT molecular complexity index is 1290. The molecule has 1 saturated heterocycles. The standard InChI is InChI=1S/C24H25F2N5O2/c1-32-10-11-33-15-6-9-31-22(13-28-23(31)12-15)20-4-2-16-17(25)3-5-21(24(16)29-20)30-8-7-19(27)18(26)14-30/h2-6,9,12-13,18-19H,7-8,10-11,14,27H2,1H3/t18-,19+/m1/s1. The minimum Gasteiger partial charge on any atom is -0.491 e. The van der Waals surface area contributed by atoms with Gasteiger partial charge in [0.2, 0.25) is 0 Å². The minimum atomic E-state index is -1.14. The highest BCUT2D eigenvalue weighted by atomic mass is 19.1. The van der Waals surface area contributed by atoms with Crippen molar-refractivity contribution in [1.82, 2.24) is 14.4 Å². The van der Waals surface area contributed by atoms with Crippen LogP contribution < -0.4 is 15.4 Å². The molecule has 5 rings (SSSR count). The monoisotopic (exact) mass is 453 g/mol. The summed E-state index contributed by atoms with van der Waals surface area (Å²) in [7, 11) is 1.62. The van der Waals surface area contributed by atoms with Gasteiger partial charge in [0.25, 0.3) is 0 Å². The summed E-state index contributed by atoms with van der Waals surface area (Å²) in [5, 5.41) is 0.393. The fourth-order valence-electron chi connectivity index (χ4n) is 4.19.